The molecular weight excluding hydrogens is 174 g/mol. The van der Waals surface area contributed by atoms with Crippen molar-refractivity contribution in [1.29, 1.82) is 0 Å². The molecule has 0 amide bonds. The molecule has 0 atom stereocenters. The highest BCUT2D eigenvalue weighted by Gasteiger charge is 2.07. The summed E-state index contributed by atoms with van der Waals surface area (Å²) < 4.78 is 0. The maximum absolute atomic E-state index is 10.9. The average molecular weight is 189 g/mol. The zero-order chi connectivity index (χ0) is 9.80. The second-order valence-electron chi connectivity index (χ2n) is 3.79. The van der Waals surface area contributed by atoms with Crippen LogP contribution in [0.2, 0.25) is 0 Å². The van der Waals surface area contributed by atoms with E-state index >= 15 is 0 Å². The Morgan fingerprint density at radius 2 is 1.64 bits per heavy atom. The SMILES string of the molecule is O=C1C=CC(=CN2CCCCC2)C=C1. The molecule has 2 rings (SSSR count). The molecule has 74 valence electrons. The predicted octanol–water partition coefficient (Wildman–Crippen LogP) is 2.05. The Hall–Kier alpha value is -1.31. The van der Waals surface area contributed by atoms with Gasteiger partial charge in [0.2, 0.25) is 0 Å². The summed E-state index contributed by atoms with van der Waals surface area (Å²) >= 11 is 0. The lowest BCUT2D eigenvalue weighted by atomic mass is 10.1. The van der Waals surface area contributed by atoms with Crippen LogP contribution in [-0.4, -0.2) is 23.8 Å². The number of ketones is 1. The molecule has 0 N–H and O–H groups in total. The molecule has 0 aromatic rings. The van der Waals surface area contributed by atoms with E-state index in [-0.39, 0.29) is 5.78 Å². The van der Waals surface area contributed by atoms with Gasteiger partial charge in [-0.1, -0.05) is 0 Å². The Morgan fingerprint density at radius 3 is 2.29 bits per heavy atom. The molecule has 2 heteroatoms. The number of hydrogen-bond donors (Lipinski definition) is 0. The first kappa shape index (κ1) is 9.25. The van der Waals surface area contributed by atoms with Gasteiger partial charge in [-0.3, -0.25) is 4.79 Å². The number of allylic oxidation sites excluding steroid dienone is 5. The van der Waals surface area contributed by atoms with Crippen LogP contribution >= 0.6 is 0 Å². The van der Waals surface area contributed by atoms with Crippen molar-refractivity contribution in [3.05, 3.63) is 36.1 Å². The quantitative estimate of drug-likeness (QED) is 0.629. The molecule has 0 bridgehead atoms. The summed E-state index contributed by atoms with van der Waals surface area (Å²) in [5.41, 5.74) is 1.13. The molecule has 0 spiro atoms. The summed E-state index contributed by atoms with van der Waals surface area (Å²) in [6.07, 6.45) is 13.1. The van der Waals surface area contributed by atoms with Gasteiger partial charge in [0.05, 0.1) is 0 Å². The fourth-order valence-corrected chi connectivity index (χ4v) is 1.81. The summed E-state index contributed by atoms with van der Waals surface area (Å²) in [7, 11) is 0. The van der Waals surface area contributed by atoms with Gasteiger partial charge in [0.1, 0.15) is 0 Å². The van der Waals surface area contributed by atoms with Crippen LogP contribution in [0, 0.1) is 0 Å². The van der Waals surface area contributed by atoms with E-state index in [0.717, 1.165) is 18.7 Å². The van der Waals surface area contributed by atoms with Crippen molar-refractivity contribution < 1.29 is 4.79 Å². The average Bonchev–Trinajstić information content (AvgIpc) is 2.23. The van der Waals surface area contributed by atoms with Crippen molar-refractivity contribution >= 4 is 5.78 Å². The zero-order valence-electron chi connectivity index (χ0n) is 8.28. The molecule has 0 aromatic heterocycles. The first-order valence-electron chi connectivity index (χ1n) is 5.20. The summed E-state index contributed by atoms with van der Waals surface area (Å²) in [6.45, 7) is 2.30. The lowest BCUT2D eigenvalue weighted by molar-refractivity contribution is -0.110. The number of carbonyl (C=O) groups excluding carboxylic acids is 1. The molecule has 1 aliphatic carbocycles. The number of carbonyl (C=O) groups is 1. The van der Waals surface area contributed by atoms with Crippen LogP contribution in [0.25, 0.3) is 0 Å². The van der Waals surface area contributed by atoms with E-state index in [1.165, 1.54) is 19.3 Å². The van der Waals surface area contributed by atoms with Crippen LogP contribution in [0.5, 0.6) is 0 Å². The Morgan fingerprint density at radius 1 is 1.00 bits per heavy atom. The lowest BCUT2D eigenvalue weighted by Gasteiger charge is -2.25. The van der Waals surface area contributed by atoms with Crippen LogP contribution in [0.3, 0.4) is 0 Å². The fourth-order valence-electron chi connectivity index (χ4n) is 1.81. The second kappa shape index (κ2) is 4.27. The summed E-state index contributed by atoms with van der Waals surface area (Å²) in [5.74, 6) is 0.0841. The van der Waals surface area contributed by atoms with Crippen LogP contribution < -0.4 is 0 Å². The molecule has 1 aliphatic heterocycles. The molecule has 2 nitrogen and oxygen atoms in total. The Kier molecular flexibility index (Phi) is 2.82. The normalized spacial score (nSPS) is 21.6. The number of nitrogens with zero attached hydrogens (tertiary/aromatic N) is 1. The topological polar surface area (TPSA) is 20.3 Å². The minimum absolute atomic E-state index is 0.0841. The van der Waals surface area contributed by atoms with E-state index < -0.39 is 0 Å². The maximum atomic E-state index is 10.9. The maximum Gasteiger partial charge on any atom is 0.178 e. The van der Waals surface area contributed by atoms with Crippen molar-refractivity contribution in [3.63, 3.8) is 0 Å². The van der Waals surface area contributed by atoms with Crippen LogP contribution in [0.4, 0.5) is 0 Å². The van der Waals surface area contributed by atoms with Crippen LogP contribution in [0.1, 0.15) is 19.3 Å². The third-order valence-corrected chi connectivity index (χ3v) is 2.60. The molecule has 1 heterocycles. The van der Waals surface area contributed by atoms with Crippen molar-refractivity contribution in [2.75, 3.05) is 13.1 Å². The molecule has 0 aromatic carbocycles. The molecular formula is C12H15NO. The van der Waals surface area contributed by atoms with Gasteiger partial charge < -0.3 is 4.90 Å². The smallest absolute Gasteiger partial charge is 0.178 e. The molecule has 1 saturated heterocycles. The van der Waals surface area contributed by atoms with Crippen molar-refractivity contribution in [1.82, 2.24) is 4.90 Å². The molecule has 2 aliphatic rings. The van der Waals surface area contributed by atoms with E-state index in [9.17, 15) is 4.79 Å². The standard InChI is InChI=1S/C12H15NO/c14-12-6-4-11(5-7-12)10-13-8-2-1-3-9-13/h4-7,10H,1-3,8-9H2. The Labute approximate surface area is 84.6 Å². The molecule has 1 fully saturated rings. The molecule has 0 saturated carbocycles. The summed E-state index contributed by atoms with van der Waals surface area (Å²) in [5, 5.41) is 0. The van der Waals surface area contributed by atoms with E-state index in [2.05, 4.69) is 11.1 Å². The van der Waals surface area contributed by atoms with E-state index in [1.54, 1.807) is 12.2 Å². The van der Waals surface area contributed by atoms with Crippen molar-refractivity contribution in [2.45, 2.75) is 19.3 Å². The number of hydrogen-bond acceptors (Lipinski definition) is 2. The lowest BCUT2D eigenvalue weighted by Crippen LogP contribution is -2.24. The summed E-state index contributed by atoms with van der Waals surface area (Å²) in [4.78, 5) is 13.2. The minimum atomic E-state index is 0.0841. The molecule has 0 unspecified atom stereocenters. The van der Waals surface area contributed by atoms with Gasteiger partial charge in [-0.15, -0.1) is 0 Å². The Bertz CT molecular complexity index is 288. The van der Waals surface area contributed by atoms with Gasteiger partial charge in [-0.25, -0.2) is 0 Å². The van der Waals surface area contributed by atoms with Crippen LogP contribution in [-0.2, 0) is 4.79 Å². The van der Waals surface area contributed by atoms with Gasteiger partial charge in [-0.05, 0) is 49.1 Å². The van der Waals surface area contributed by atoms with Gasteiger partial charge in [0.25, 0.3) is 0 Å². The molecule has 0 radical (unpaired) electrons. The first-order valence-corrected chi connectivity index (χ1v) is 5.20. The third-order valence-electron chi connectivity index (χ3n) is 2.60. The zero-order valence-corrected chi connectivity index (χ0v) is 8.28. The second-order valence-corrected chi connectivity index (χ2v) is 3.79. The monoisotopic (exact) mass is 189 g/mol. The third kappa shape index (κ3) is 2.34. The Balaban J connectivity index is 2.00. The van der Waals surface area contributed by atoms with Crippen LogP contribution in [0.15, 0.2) is 36.1 Å². The number of rotatable bonds is 1. The van der Waals surface area contributed by atoms with Gasteiger partial charge in [0, 0.05) is 19.3 Å². The van der Waals surface area contributed by atoms with E-state index in [4.69, 9.17) is 0 Å². The summed E-state index contributed by atoms with van der Waals surface area (Å²) in [6, 6.07) is 0. The minimum Gasteiger partial charge on any atom is -0.377 e. The highest BCUT2D eigenvalue weighted by molar-refractivity contribution is 6.01. The fraction of sp³-hybridized carbons (Fsp3) is 0.417. The van der Waals surface area contributed by atoms with Gasteiger partial charge in [0.15, 0.2) is 5.78 Å². The van der Waals surface area contributed by atoms with Crippen molar-refractivity contribution in [2.24, 2.45) is 0 Å². The predicted molar refractivity (Wildman–Crippen MR) is 56.8 cm³/mol. The van der Waals surface area contributed by atoms with Gasteiger partial charge in [-0.2, -0.15) is 0 Å². The van der Waals surface area contributed by atoms with Gasteiger partial charge >= 0.3 is 0 Å². The molecule has 14 heavy (non-hydrogen) atoms. The van der Waals surface area contributed by atoms with E-state index in [0.29, 0.717) is 0 Å². The number of likely N-dealkylation sites (tertiary alicyclic amines) is 1. The highest BCUT2D eigenvalue weighted by atomic mass is 16.1. The highest BCUT2D eigenvalue weighted by Crippen LogP contribution is 2.13. The largest absolute Gasteiger partial charge is 0.377 e. The number of piperidine rings is 1. The van der Waals surface area contributed by atoms with E-state index in [1.807, 2.05) is 12.2 Å². The first-order chi connectivity index (χ1) is 6.84. The van der Waals surface area contributed by atoms with Crippen molar-refractivity contribution in [3.8, 4) is 0 Å².